The molecule has 3 rings (SSSR count). The first-order valence-corrected chi connectivity index (χ1v) is 13.2. The third-order valence-corrected chi connectivity index (χ3v) is 7.18. The van der Waals surface area contributed by atoms with Crippen molar-refractivity contribution < 1.29 is 48.8 Å². The van der Waals surface area contributed by atoms with Crippen molar-refractivity contribution in [2.75, 3.05) is 7.11 Å². The van der Waals surface area contributed by atoms with Crippen LogP contribution < -0.4 is 4.74 Å². The Hall–Kier alpha value is -3.15. The lowest BCUT2D eigenvalue weighted by molar-refractivity contribution is 0.412. The second kappa shape index (κ2) is 8.57. The number of rotatable bonds is 6. The minimum absolute atomic E-state index is 0.0454. The Morgan fingerprint density at radius 2 is 1.41 bits per heavy atom. The molecule has 13 nitrogen and oxygen atoms in total. The van der Waals surface area contributed by atoms with Crippen molar-refractivity contribution >= 4 is 52.5 Å². The molecule has 0 fully saturated rings. The largest absolute Gasteiger partial charge is 0.505 e. The average molecular weight is 533 g/mol. The van der Waals surface area contributed by atoms with E-state index >= 15 is 0 Å². The molecule has 3 aromatic rings. The topological polar surface area (TPSA) is 217 Å². The number of phenolic OH excluding ortho intramolecular Hbond substituents is 1. The van der Waals surface area contributed by atoms with Crippen molar-refractivity contribution in [1.29, 1.82) is 0 Å². The van der Waals surface area contributed by atoms with Crippen LogP contribution in [0.5, 0.6) is 11.5 Å². The van der Waals surface area contributed by atoms with Crippen molar-refractivity contribution in [2.45, 2.75) is 21.6 Å². The van der Waals surface area contributed by atoms with E-state index in [1.807, 2.05) is 0 Å². The van der Waals surface area contributed by atoms with Crippen LogP contribution in [0.1, 0.15) is 5.56 Å². The van der Waals surface area contributed by atoms with Crippen LogP contribution in [0.25, 0.3) is 10.8 Å². The summed E-state index contributed by atoms with van der Waals surface area (Å²) in [7, 11) is -13.3. The molecule has 0 saturated carbocycles. The Kier molecular flexibility index (Phi) is 6.42. The zero-order valence-corrected chi connectivity index (χ0v) is 19.7. The Morgan fingerprint density at radius 3 is 1.94 bits per heavy atom. The molecule has 0 radical (unpaired) electrons. The van der Waals surface area contributed by atoms with Gasteiger partial charge in [-0.05, 0) is 48.2 Å². The summed E-state index contributed by atoms with van der Waals surface area (Å²) in [5, 5.41) is 17.7. The molecular weight excluding hydrogens is 516 g/mol. The van der Waals surface area contributed by atoms with Crippen LogP contribution in [-0.4, -0.2) is 51.1 Å². The molecule has 34 heavy (non-hydrogen) atoms. The number of hydrogen-bond acceptors (Lipinski definition) is 10. The second-order valence-corrected chi connectivity index (χ2v) is 11.1. The SMILES string of the molecule is COc1ccc(N=Nc2c(S(=O)(=O)O)cc3cc(S(=O)(=O)O)cc(C)c3c2O)c(S(=O)(=O)O)c1. The molecule has 16 heteroatoms. The lowest BCUT2D eigenvalue weighted by Crippen LogP contribution is -2.02. The average Bonchev–Trinajstić information content (AvgIpc) is 2.70. The number of benzene rings is 3. The molecule has 0 heterocycles. The van der Waals surface area contributed by atoms with E-state index in [0.29, 0.717) is 0 Å². The van der Waals surface area contributed by atoms with E-state index in [9.17, 15) is 44.0 Å². The third kappa shape index (κ3) is 5.01. The molecule has 0 unspecified atom stereocenters. The molecule has 4 N–H and O–H groups in total. The first kappa shape index (κ1) is 25.5. The first-order valence-electron chi connectivity index (χ1n) is 8.86. The van der Waals surface area contributed by atoms with Crippen LogP contribution >= 0.6 is 0 Å². The van der Waals surface area contributed by atoms with Gasteiger partial charge in [0.1, 0.15) is 26.9 Å². The van der Waals surface area contributed by atoms with Crippen LogP contribution in [0.15, 0.2) is 61.3 Å². The molecule has 0 aliphatic heterocycles. The lowest BCUT2D eigenvalue weighted by Gasteiger charge is -2.12. The monoisotopic (exact) mass is 532 g/mol. The number of hydrogen-bond donors (Lipinski definition) is 4. The zero-order chi connectivity index (χ0) is 25.6. The van der Waals surface area contributed by atoms with E-state index in [1.165, 1.54) is 20.1 Å². The molecule has 0 aliphatic rings. The predicted molar refractivity (Wildman–Crippen MR) is 117 cm³/mol. The Balaban J connectivity index is 2.35. The minimum atomic E-state index is -5.08. The number of nitrogens with zero attached hydrogens (tertiary/aromatic N) is 2. The highest BCUT2D eigenvalue weighted by Gasteiger charge is 2.25. The van der Waals surface area contributed by atoms with E-state index in [4.69, 9.17) is 4.74 Å². The molecule has 0 spiro atoms. The van der Waals surface area contributed by atoms with Crippen LogP contribution in [0.4, 0.5) is 11.4 Å². The van der Waals surface area contributed by atoms with Gasteiger partial charge in [-0.1, -0.05) is 0 Å². The third-order valence-electron chi connectivity index (χ3n) is 4.60. The summed E-state index contributed by atoms with van der Waals surface area (Å²) in [5.74, 6) is -0.792. The smallest absolute Gasteiger partial charge is 0.296 e. The number of azo groups is 1. The molecule has 3 aromatic carbocycles. The fraction of sp³-hybridized carbons (Fsp3) is 0.111. The van der Waals surface area contributed by atoms with E-state index in [1.54, 1.807) is 0 Å². The standard InChI is InChI=1S/C18H16N2O11S3/c1-9-5-12(32(22,23)24)6-10-7-15(34(28,29)30)17(18(21)16(9)10)20-19-13-4-3-11(31-2)8-14(13)33(25,26)27/h3-8,21H,1-2H3,(H,22,23,24)(H,25,26,27)(H,28,29,30). The summed E-state index contributed by atoms with van der Waals surface area (Å²) >= 11 is 0. The normalized spacial score (nSPS) is 13.0. The van der Waals surface area contributed by atoms with Gasteiger partial charge >= 0.3 is 0 Å². The van der Waals surface area contributed by atoms with E-state index in [-0.39, 0.29) is 22.1 Å². The van der Waals surface area contributed by atoms with Crippen LogP contribution in [0, 0.1) is 6.92 Å². The molecule has 0 aliphatic carbocycles. The van der Waals surface area contributed by atoms with Crippen LogP contribution in [0.2, 0.25) is 0 Å². The van der Waals surface area contributed by atoms with Gasteiger partial charge in [-0.15, -0.1) is 10.2 Å². The number of methoxy groups -OCH3 is 1. The van der Waals surface area contributed by atoms with Crippen LogP contribution in [0.3, 0.4) is 0 Å². The summed E-state index contributed by atoms with van der Waals surface area (Å²) < 4.78 is 104. The lowest BCUT2D eigenvalue weighted by atomic mass is 10.0. The van der Waals surface area contributed by atoms with Gasteiger partial charge in [-0.2, -0.15) is 25.3 Å². The van der Waals surface area contributed by atoms with Gasteiger partial charge in [0.2, 0.25) is 0 Å². The molecule has 0 aromatic heterocycles. The maximum absolute atomic E-state index is 12.0. The zero-order valence-electron chi connectivity index (χ0n) is 17.2. The highest BCUT2D eigenvalue weighted by atomic mass is 32.2. The number of ether oxygens (including phenoxy) is 1. The van der Waals surface area contributed by atoms with E-state index in [2.05, 4.69) is 10.2 Å². The van der Waals surface area contributed by atoms with Gasteiger partial charge in [0, 0.05) is 11.5 Å². The number of aryl methyl sites for hydroxylation is 1. The molecule has 182 valence electrons. The van der Waals surface area contributed by atoms with Gasteiger partial charge < -0.3 is 9.84 Å². The highest BCUT2D eigenvalue weighted by Crippen LogP contribution is 2.43. The van der Waals surface area contributed by atoms with Gasteiger partial charge in [0.25, 0.3) is 30.4 Å². The first-order chi connectivity index (χ1) is 15.5. The van der Waals surface area contributed by atoms with E-state index in [0.717, 1.165) is 30.3 Å². The summed E-state index contributed by atoms with van der Waals surface area (Å²) in [6.07, 6.45) is 0. The van der Waals surface area contributed by atoms with Gasteiger partial charge in [0.15, 0.2) is 5.75 Å². The quantitative estimate of drug-likeness (QED) is 0.267. The molecule has 0 atom stereocenters. The molecular formula is C18H16N2O11S3. The van der Waals surface area contributed by atoms with Crippen molar-refractivity contribution in [3.8, 4) is 11.5 Å². The fourth-order valence-electron chi connectivity index (χ4n) is 3.12. The second-order valence-electron chi connectivity index (χ2n) is 6.87. The van der Waals surface area contributed by atoms with Crippen molar-refractivity contribution in [1.82, 2.24) is 0 Å². The molecule has 0 amide bonds. The van der Waals surface area contributed by atoms with E-state index < -0.39 is 62.2 Å². The maximum Gasteiger partial charge on any atom is 0.296 e. The Morgan fingerprint density at radius 1 is 0.794 bits per heavy atom. The fourth-order valence-corrected chi connectivity index (χ4v) is 5.02. The predicted octanol–water partition coefficient (Wildman–Crippen LogP) is 3.02. The maximum atomic E-state index is 12.0. The minimum Gasteiger partial charge on any atom is -0.505 e. The van der Waals surface area contributed by atoms with Crippen molar-refractivity contribution in [3.63, 3.8) is 0 Å². The van der Waals surface area contributed by atoms with Gasteiger partial charge in [0.05, 0.1) is 12.0 Å². The van der Waals surface area contributed by atoms with Crippen molar-refractivity contribution in [2.24, 2.45) is 10.2 Å². The molecule has 0 bridgehead atoms. The Bertz CT molecular complexity index is 1680. The van der Waals surface area contributed by atoms with Gasteiger partial charge in [-0.25, -0.2) is 0 Å². The number of fused-ring (bicyclic) bond motifs is 1. The highest BCUT2D eigenvalue weighted by molar-refractivity contribution is 7.86. The molecule has 0 saturated heterocycles. The van der Waals surface area contributed by atoms with Crippen molar-refractivity contribution in [3.05, 3.63) is 42.0 Å². The Labute approximate surface area is 193 Å². The number of aromatic hydroxyl groups is 1. The summed E-state index contributed by atoms with van der Waals surface area (Å²) in [6, 6.07) is 5.94. The van der Waals surface area contributed by atoms with Crippen LogP contribution in [-0.2, 0) is 30.4 Å². The number of phenols is 1. The summed E-state index contributed by atoms with van der Waals surface area (Å²) in [5.41, 5.74) is -1.17. The summed E-state index contributed by atoms with van der Waals surface area (Å²) in [6.45, 7) is 1.35. The van der Waals surface area contributed by atoms with Gasteiger partial charge in [-0.3, -0.25) is 13.7 Å². The summed E-state index contributed by atoms with van der Waals surface area (Å²) in [4.78, 5) is -2.32.